The van der Waals surface area contributed by atoms with Crippen molar-refractivity contribution in [3.8, 4) is 17.0 Å². The van der Waals surface area contributed by atoms with Crippen LogP contribution in [0.15, 0.2) is 42.5 Å². The highest BCUT2D eigenvalue weighted by molar-refractivity contribution is 5.85. The predicted molar refractivity (Wildman–Crippen MR) is 123 cm³/mol. The maximum Gasteiger partial charge on any atom is 0.413 e. The highest BCUT2D eigenvalue weighted by Gasteiger charge is 2.17. The fourth-order valence-electron chi connectivity index (χ4n) is 4.05. The topological polar surface area (TPSA) is 92.4 Å². The second kappa shape index (κ2) is 9.14. The van der Waals surface area contributed by atoms with Crippen molar-refractivity contribution in [1.82, 2.24) is 19.3 Å². The summed E-state index contributed by atoms with van der Waals surface area (Å²) in [4.78, 5) is 17.1. The number of aryl methyl sites for hydroxylation is 1. The lowest BCUT2D eigenvalue weighted by atomic mass is 10.1. The van der Waals surface area contributed by atoms with E-state index in [-0.39, 0.29) is 6.61 Å². The third kappa shape index (κ3) is 4.19. The molecule has 2 aromatic heterocycles. The Hall–Kier alpha value is -3.92. The van der Waals surface area contributed by atoms with E-state index in [4.69, 9.17) is 14.2 Å². The summed E-state index contributed by atoms with van der Waals surface area (Å²) in [6.45, 7) is 4.47. The quantitative estimate of drug-likeness (QED) is 0.455. The number of nitrogens with one attached hydrogen (secondary N) is 1. The third-order valence-electron chi connectivity index (χ3n) is 5.70. The first-order chi connectivity index (χ1) is 16.6. The van der Waals surface area contributed by atoms with Crippen molar-refractivity contribution in [3.05, 3.63) is 59.7 Å². The van der Waals surface area contributed by atoms with Crippen molar-refractivity contribution in [3.63, 3.8) is 0 Å². The molecule has 1 N–H and O–H groups in total. The number of imidazole rings is 1. The lowest BCUT2D eigenvalue weighted by molar-refractivity contribution is 0.0830. The van der Waals surface area contributed by atoms with Crippen molar-refractivity contribution in [2.24, 2.45) is 0 Å². The zero-order valence-corrected chi connectivity index (χ0v) is 18.9. The molecule has 0 spiro atoms. The number of amides is 1. The maximum absolute atomic E-state index is 13.6. The van der Waals surface area contributed by atoms with Crippen LogP contribution in [0.2, 0.25) is 0 Å². The summed E-state index contributed by atoms with van der Waals surface area (Å²) < 4.78 is 33.5. The summed E-state index contributed by atoms with van der Waals surface area (Å²) in [6, 6.07) is 11.8. The van der Waals surface area contributed by atoms with Crippen LogP contribution >= 0.6 is 0 Å². The Bertz CT molecular complexity index is 1360. The molecule has 0 saturated heterocycles. The molecule has 10 heteroatoms. The highest BCUT2D eigenvalue weighted by Crippen LogP contribution is 2.31. The number of carbonyl (C=O) groups excluding carboxylic acids is 1. The molecule has 4 aromatic rings. The van der Waals surface area contributed by atoms with Gasteiger partial charge in [0, 0.05) is 30.8 Å². The van der Waals surface area contributed by atoms with Crippen molar-refractivity contribution < 1.29 is 23.4 Å². The van der Waals surface area contributed by atoms with Crippen molar-refractivity contribution >= 4 is 22.9 Å². The van der Waals surface area contributed by atoms with Crippen molar-refractivity contribution in [2.45, 2.75) is 33.2 Å². The Morgan fingerprint density at radius 1 is 1.24 bits per heavy atom. The minimum absolute atomic E-state index is 0.0966. The lowest BCUT2D eigenvalue weighted by Crippen LogP contribution is -2.16. The summed E-state index contributed by atoms with van der Waals surface area (Å²) in [5, 5.41) is 7.23. The van der Waals surface area contributed by atoms with E-state index in [1.807, 2.05) is 25.1 Å². The van der Waals surface area contributed by atoms with E-state index < -0.39 is 11.9 Å². The first-order valence-electron chi connectivity index (χ1n) is 11.0. The number of anilines is 1. The molecule has 0 bridgehead atoms. The van der Waals surface area contributed by atoms with Crippen LogP contribution in [0.25, 0.3) is 22.3 Å². The summed E-state index contributed by atoms with van der Waals surface area (Å²) in [6.07, 6.45) is -0.607. The van der Waals surface area contributed by atoms with Crippen LogP contribution in [-0.4, -0.2) is 39.1 Å². The number of halogens is 1. The number of rotatable bonds is 6. The normalized spacial score (nSPS) is 13.0. The SMILES string of the molecule is CCn1nc(-c2ccc(F)cc2OC)cc1NC(=O)OCc1ccc2c(c1)nc1n2CCOC1. The number of hydrogen-bond donors (Lipinski definition) is 1. The van der Waals surface area contributed by atoms with Crippen LogP contribution in [0.1, 0.15) is 18.3 Å². The van der Waals surface area contributed by atoms with Crippen LogP contribution in [-0.2, 0) is 35.8 Å². The number of fused-ring (bicyclic) bond motifs is 3. The van der Waals surface area contributed by atoms with Crippen LogP contribution in [0.5, 0.6) is 5.75 Å². The molecule has 1 amide bonds. The molecule has 0 aliphatic carbocycles. The van der Waals surface area contributed by atoms with Gasteiger partial charge in [-0.3, -0.25) is 5.32 Å². The molecule has 0 unspecified atom stereocenters. The van der Waals surface area contributed by atoms with Gasteiger partial charge in [-0.15, -0.1) is 0 Å². The largest absolute Gasteiger partial charge is 0.496 e. The Labute approximate surface area is 195 Å². The Balaban J connectivity index is 1.28. The van der Waals surface area contributed by atoms with E-state index in [0.29, 0.717) is 42.6 Å². The van der Waals surface area contributed by atoms with Gasteiger partial charge in [-0.25, -0.2) is 18.9 Å². The molecule has 1 aliphatic heterocycles. The minimum atomic E-state index is -0.607. The number of methoxy groups -OCH3 is 1. The van der Waals surface area contributed by atoms with Gasteiger partial charge in [-0.2, -0.15) is 5.10 Å². The molecule has 34 heavy (non-hydrogen) atoms. The molecule has 3 heterocycles. The predicted octanol–water partition coefficient (Wildman–Crippen LogP) is 4.35. The van der Waals surface area contributed by atoms with Gasteiger partial charge < -0.3 is 18.8 Å². The number of aromatic nitrogens is 4. The van der Waals surface area contributed by atoms with Gasteiger partial charge in [0.2, 0.25) is 0 Å². The fraction of sp³-hybridized carbons (Fsp3) is 0.292. The molecule has 9 nitrogen and oxygen atoms in total. The molecule has 5 rings (SSSR count). The molecule has 1 aliphatic rings. The summed E-state index contributed by atoms with van der Waals surface area (Å²) in [5.41, 5.74) is 3.90. The Kier molecular flexibility index (Phi) is 5.89. The number of carbonyl (C=O) groups is 1. The highest BCUT2D eigenvalue weighted by atomic mass is 19.1. The third-order valence-corrected chi connectivity index (χ3v) is 5.70. The van der Waals surface area contributed by atoms with E-state index in [9.17, 15) is 9.18 Å². The molecule has 2 aromatic carbocycles. The van der Waals surface area contributed by atoms with E-state index in [2.05, 4.69) is 20.0 Å². The van der Waals surface area contributed by atoms with Gasteiger partial charge in [-0.1, -0.05) is 6.07 Å². The number of benzene rings is 2. The average molecular weight is 465 g/mol. The van der Waals surface area contributed by atoms with Crippen LogP contribution < -0.4 is 10.1 Å². The average Bonchev–Trinajstić information content (AvgIpc) is 3.43. The molecular weight excluding hydrogens is 441 g/mol. The second-order valence-corrected chi connectivity index (χ2v) is 7.83. The molecule has 176 valence electrons. The van der Waals surface area contributed by atoms with E-state index in [0.717, 1.165) is 29.0 Å². The van der Waals surface area contributed by atoms with E-state index in [1.54, 1.807) is 16.8 Å². The van der Waals surface area contributed by atoms with E-state index in [1.165, 1.54) is 19.2 Å². The van der Waals surface area contributed by atoms with Gasteiger partial charge in [0.1, 0.15) is 36.4 Å². The minimum Gasteiger partial charge on any atom is -0.496 e. The van der Waals surface area contributed by atoms with Gasteiger partial charge in [0.05, 0.1) is 30.4 Å². The van der Waals surface area contributed by atoms with Crippen LogP contribution in [0.3, 0.4) is 0 Å². The number of nitrogens with zero attached hydrogens (tertiary/aromatic N) is 4. The zero-order chi connectivity index (χ0) is 23.7. The molecular formula is C24H24FN5O4. The molecule has 0 radical (unpaired) electrons. The Morgan fingerprint density at radius 2 is 2.12 bits per heavy atom. The summed E-state index contributed by atoms with van der Waals surface area (Å²) in [7, 11) is 1.47. The van der Waals surface area contributed by atoms with E-state index >= 15 is 0 Å². The smallest absolute Gasteiger partial charge is 0.413 e. The van der Waals surface area contributed by atoms with Crippen LogP contribution in [0.4, 0.5) is 15.0 Å². The molecule has 0 atom stereocenters. The zero-order valence-electron chi connectivity index (χ0n) is 18.9. The standard InChI is InChI=1S/C24H24FN5O4/c1-3-30-22(12-18(28-30)17-6-5-16(25)11-21(17)32-2)27-24(31)34-13-15-4-7-20-19(10-15)26-23-14-33-9-8-29(20)23/h4-7,10-12H,3,8-9,13-14H2,1-2H3,(H,27,31). The summed E-state index contributed by atoms with van der Waals surface area (Å²) in [5.74, 6) is 1.32. The molecule has 0 saturated carbocycles. The van der Waals surface area contributed by atoms with Gasteiger partial charge in [0.25, 0.3) is 0 Å². The van der Waals surface area contributed by atoms with Gasteiger partial charge in [0.15, 0.2) is 0 Å². The van der Waals surface area contributed by atoms with Gasteiger partial charge >= 0.3 is 6.09 Å². The van der Waals surface area contributed by atoms with Gasteiger partial charge in [-0.05, 0) is 36.8 Å². The fourth-order valence-corrected chi connectivity index (χ4v) is 4.05. The van der Waals surface area contributed by atoms with Crippen molar-refractivity contribution in [1.29, 1.82) is 0 Å². The maximum atomic E-state index is 13.6. The molecule has 0 fully saturated rings. The number of hydrogen-bond acceptors (Lipinski definition) is 6. The Morgan fingerprint density at radius 3 is 2.94 bits per heavy atom. The lowest BCUT2D eigenvalue weighted by Gasteiger charge is -2.14. The second-order valence-electron chi connectivity index (χ2n) is 7.83. The van der Waals surface area contributed by atoms with Crippen LogP contribution in [0, 0.1) is 5.82 Å². The first-order valence-corrected chi connectivity index (χ1v) is 11.0. The van der Waals surface area contributed by atoms with Crippen molar-refractivity contribution in [2.75, 3.05) is 19.0 Å². The first kappa shape index (κ1) is 21.9. The monoisotopic (exact) mass is 465 g/mol. The number of ether oxygens (including phenoxy) is 3. The summed E-state index contributed by atoms with van der Waals surface area (Å²) >= 11 is 0.